The number of nitrogens with zero attached hydrogens (tertiary/aromatic N) is 3. The van der Waals surface area contributed by atoms with Crippen molar-refractivity contribution in [2.75, 3.05) is 44.3 Å². The normalized spacial score (nSPS) is 12.8. The molecular formula is C46H56N4O7S. The molecule has 1 fully saturated rings. The summed E-state index contributed by atoms with van der Waals surface area (Å²) in [4.78, 5) is 58.9. The van der Waals surface area contributed by atoms with Gasteiger partial charge in [0.2, 0.25) is 12.3 Å². The van der Waals surface area contributed by atoms with E-state index in [0.717, 1.165) is 60.8 Å². The molecule has 1 aliphatic rings. The van der Waals surface area contributed by atoms with Gasteiger partial charge in [-0.1, -0.05) is 123 Å². The van der Waals surface area contributed by atoms with Crippen molar-refractivity contribution >= 4 is 42.0 Å². The predicted octanol–water partition coefficient (Wildman–Crippen LogP) is 8.69. The molecule has 0 aliphatic heterocycles. The smallest absolute Gasteiger partial charge is 0.410 e. The Kier molecular flexibility index (Phi) is 17.8. The van der Waals surface area contributed by atoms with Gasteiger partial charge in [0.05, 0.1) is 5.69 Å². The highest BCUT2D eigenvalue weighted by Crippen LogP contribution is 2.36. The predicted molar refractivity (Wildman–Crippen MR) is 228 cm³/mol. The van der Waals surface area contributed by atoms with E-state index in [1.54, 1.807) is 15.9 Å². The molecule has 4 aromatic carbocycles. The Morgan fingerprint density at radius 2 is 1.22 bits per heavy atom. The van der Waals surface area contributed by atoms with Crippen LogP contribution in [0, 0.1) is 0 Å². The summed E-state index contributed by atoms with van der Waals surface area (Å²) in [6.07, 6.45) is 8.58. The van der Waals surface area contributed by atoms with Crippen molar-refractivity contribution < 1.29 is 33.8 Å². The van der Waals surface area contributed by atoms with Gasteiger partial charge in [-0.15, -0.1) is 11.8 Å². The van der Waals surface area contributed by atoms with Gasteiger partial charge in [-0.05, 0) is 60.3 Å². The number of aromatic hydroxyl groups is 1. The van der Waals surface area contributed by atoms with E-state index < -0.39 is 12.2 Å². The number of phenols is 1. The van der Waals surface area contributed by atoms with Gasteiger partial charge in [-0.25, -0.2) is 9.59 Å². The number of anilines is 1. The first-order valence-corrected chi connectivity index (χ1v) is 21.4. The highest BCUT2D eigenvalue weighted by molar-refractivity contribution is 7.98. The van der Waals surface area contributed by atoms with Crippen LogP contribution >= 0.6 is 11.8 Å². The summed E-state index contributed by atoms with van der Waals surface area (Å²) in [7, 11) is 0. The van der Waals surface area contributed by atoms with Gasteiger partial charge in [-0.2, -0.15) is 0 Å². The Morgan fingerprint density at radius 3 is 1.78 bits per heavy atom. The summed E-state index contributed by atoms with van der Waals surface area (Å²) in [5.41, 5.74) is 4.00. The van der Waals surface area contributed by atoms with E-state index in [4.69, 9.17) is 9.47 Å². The molecule has 0 bridgehead atoms. The average molecular weight is 809 g/mol. The lowest BCUT2D eigenvalue weighted by Crippen LogP contribution is -2.47. The SMILES string of the molecule is CSc1c(CCN(CCN(C(=O)CCN(CCc2ccccc2)C(=O)OCc2ccccc2)C2CCCCCC2)C(=O)OCc2ccccc2)ccc(O)c1NC=O. The molecule has 4 aromatic rings. The van der Waals surface area contributed by atoms with Crippen LogP contribution in [0.25, 0.3) is 0 Å². The van der Waals surface area contributed by atoms with Crippen LogP contribution < -0.4 is 5.32 Å². The minimum absolute atomic E-state index is 0.0113. The molecule has 0 saturated heterocycles. The third-order valence-corrected chi connectivity index (χ3v) is 11.4. The number of nitrogens with one attached hydrogen (secondary N) is 1. The number of amides is 4. The highest BCUT2D eigenvalue weighted by Gasteiger charge is 2.28. The van der Waals surface area contributed by atoms with Crippen LogP contribution in [0.3, 0.4) is 0 Å². The molecule has 0 aromatic heterocycles. The first-order chi connectivity index (χ1) is 28.4. The fourth-order valence-electron chi connectivity index (χ4n) is 7.30. The lowest BCUT2D eigenvalue weighted by atomic mass is 10.1. The topological polar surface area (TPSA) is 129 Å². The molecule has 2 N–H and O–H groups in total. The number of thioether (sulfide) groups is 1. The van der Waals surface area contributed by atoms with E-state index in [0.29, 0.717) is 42.9 Å². The van der Waals surface area contributed by atoms with Crippen LogP contribution in [0.15, 0.2) is 108 Å². The Bertz CT molecular complexity index is 1880. The molecule has 308 valence electrons. The van der Waals surface area contributed by atoms with Gasteiger partial charge in [0.25, 0.3) is 0 Å². The summed E-state index contributed by atoms with van der Waals surface area (Å²) >= 11 is 1.39. The van der Waals surface area contributed by atoms with Crippen molar-refractivity contribution in [3.8, 4) is 5.75 Å². The largest absolute Gasteiger partial charge is 0.506 e. The number of hydrogen-bond donors (Lipinski definition) is 2. The molecule has 0 atom stereocenters. The highest BCUT2D eigenvalue weighted by atomic mass is 32.2. The third-order valence-electron chi connectivity index (χ3n) is 10.5. The number of hydrogen-bond acceptors (Lipinski definition) is 8. The summed E-state index contributed by atoms with van der Waals surface area (Å²) < 4.78 is 11.6. The molecule has 58 heavy (non-hydrogen) atoms. The van der Waals surface area contributed by atoms with Gasteiger partial charge < -0.3 is 34.6 Å². The number of ether oxygens (including phenoxy) is 2. The zero-order valence-corrected chi connectivity index (χ0v) is 34.2. The molecule has 1 aliphatic carbocycles. The molecule has 0 heterocycles. The minimum Gasteiger partial charge on any atom is -0.506 e. The summed E-state index contributed by atoms with van der Waals surface area (Å²) in [5.74, 6) is -0.113. The van der Waals surface area contributed by atoms with Crippen molar-refractivity contribution in [3.63, 3.8) is 0 Å². The fourth-order valence-corrected chi connectivity index (χ4v) is 8.10. The van der Waals surface area contributed by atoms with Gasteiger partial charge >= 0.3 is 12.2 Å². The third kappa shape index (κ3) is 13.6. The first-order valence-electron chi connectivity index (χ1n) is 20.2. The minimum atomic E-state index is -0.499. The second kappa shape index (κ2) is 23.7. The first kappa shape index (κ1) is 43.6. The van der Waals surface area contributed by atoms with Crippen LogP contribution in [0.5, 0.6) is 5.75 Å². The van der Waals surface area contributed by atoms with Crippen molar-refractivity contribution in [1.82, 2.24) is 14.7 Å². The maximum atomic E-state index is 14.4. The molecule has 0 radical (unpaired) electrons. The number of carbonyl (C=O) groups excluding carboxylic acids is 4. The van der Waals surface area contributed by atoms with E-state index in [1.165, 1.54) is 17.8 Å². The Balaban J connectivity index is 1.32. The van der Waals surface area contributed by atoms with Gasteiger partial charge in [0.15, 0.2) is 0 Å². The summed E-state index contributed by atoms with van der Waals surface area (Å²) in [5, 5.41) is 13.0. The van der Waals surface area contributed by atoms with Crippen LogP contribution in [-0.4, -0.2) is 89.3 Å². The number of benzene rings is 4. The maximum Gasteiger partial charge on any atom is 0.410 e. The second-order valence-corrected chi connectivity index (χ2v) is 15.3. The van der Waals surface area contributed by atoms with Gasteiger partial charge in [0, 0.05) is 50.1 Å². The molecule has 1 saturated carbocycles. The quantitative estimate of drug-likeness (QED) is 0.0393. The number of carbonyl (C=O) groups is 4. The van der Waals surface area contributed by atoms with Crippen molar-refractivity contribution in [3.05, 3.63) is 125 Å². The molecule has 4 amide bonds. The summed E-state index contributed by atoms with van der Waals surface area (Å²) in [6.45, 7) is 1.64. The standard InChI is InChI=1S/C46H56N4O7S/c1-58-44-39(23-24-41(52)43(44)47-35-51)26-29-49(46(55)57-34-38-19-11-6-12-20-38)31-32-50(40-21-13-2-3-14-22-40)42(53)27-30-48(28-25-36-15-7-4-8-16-36)45(54)56-33-37-17-9-5-10-18-37/h4-12,15-20,23-24,35,40,52H,2-3,13-14,21-22,25-34H2,1H3,(H,47,51). The molecular weight excluding hydrogens is 753 g/mol. The van der Waals surface area contributed by atoms with Crippen LogP contribution in [0.4, 0.5) is 15.3 Å². The van der Waals surface area contributed by atoms with E-state index in [-0.39, 0.29) is 57.0 Å². The van der Waals surface area contributed by atoms with Crippen molar-refractivity contribution in [2.24, 2.45) is 0 Å². The van der Waals surface area contributed by atoms with Crippen molar-refractivity contribution in [1.29, 1.82) is 0 Å². The zero-order chi connectivity index (χ0) is 41.0. The van der Waals surface area contributed by atoms with Gasteiger partial charge in [-0.3, -0.25) is 9.59 Å². The number of rotatable bonds is 20. The Morgan fingerprint density at radius 1 is 0.690 bits per heavy atom. The Labute approximate surface area is 346 Å². The van der Waals surface area contributed by atoms with E-state index in [1.807, 2.05) is 102 Å². The summed E-state index contributed by atoms with van der Waals surface area (Å²) in [6, 6.07) is 32.3. The second-order valence-electron chi connectivity index (χ2n) is 14.4. The monoisotopic (exact) mass is 808 g/mol. The Hall–Kier alpha value is -5.49. The molecule has 11 nitrogen and oxygen atoms in total. The average Bonchev–Trinajstić information content (AvgIpc) is 3.55. The van der Waals surface area contributed by atoms with Crippen LogP contribution in [0.2, 0.25) is 0 Å². The fraction of sp³-hybridized carbons (Fsp3) is 0.391. The molecule has 12 heteroatoms. The van der Waals surface area contributed by atoms with Crippen LogP contribution in [-0.2, 0) is 45.1 Å². The van der Waals surface area contributed by atoms with E-state index >= 15 is 0 Å². The van der Waals surface area contributed by atoms with Crippen LogP contribution in [0.1, 0.15) is 67.2 Å². The zero-order valence-electron chi connectivity index (χ0n) is 33.4. The van der Waals surface area contributed by atoms with Crippen molar-refractivity contribution in [2.45, 2.75) is 81.9 Å². The van der Waals surface area contributed by atoms with Gasteiger partial charge in [0.1, 0.15) is 19.0 Å². The lowest BCUT2D eigenvalue weighted by molar-refractivity contribution is -0.134. The molecule has 0 spiro atoms. The molecule has 0 unspecified atom stereocenters. The number of phenolic OH excluding ortho intramolecular Hbond substituents is 1. The molecule has 5 rings (SSSR count). The van der Waals surface area contributed by atoms with E-state index in [2.05, 4.69) is 5.32 Å². The maximum absolute atomic E-state index is 14.4. The van der Waals surface area contributed by atoms with E-state index in [9.17, 15) is 24.3 Å². The lowest BCUT2D eigenvalue weighted by Gasteiger charge is -2.34.